The molecule has 2 aromatic carbocycles. The van der Waals surface area contributed by atoms with Gasteiger partial charge in [0.05, 0.1) is 5.36 Å². The Morgan fingerprint density at radius 3 is 2.30 bits per heavy atom. The van der Waals surface area contributed by atoms with Gasteiger partial charge in [0.25, 0.3) is 0 Å². The van der Waals surface area contributed by atoms with Gasteiger partial charge >= 0.3 is 0 Å². The van der Waals surface area contributed by atoms with Gasteiger partial charge in [-0.1, -0.05) is 23.8 Å². The third kappa shape index (κ3) is 3.60. The summed E-state index contributed by atoms with van der Waals surface area (Å²) in [5.74, 6) is 0.879. The van der Waals surface area contributed by atoms with Gasteiger partial charge in [-0.05, 0) is 70.0 Å². The summed E-state index contributed by atoms with van der Waals surface area (Å²) in [6.45, 7) is 13.5. The Kier molecular flexibility index (Phi) is 5.63. The zero-order chi connectivity index (χ0) is 21.3. The maximum Gasteiger partial charge on any atom is 0.137 e. The summed E-state index contributed by atoms with van der Waals surface area (Å²) in [5.41, 5.74) is 8.27. The fraction of sp³-hybridized carbons (Fsp3) is 0.296. The van der Waals surface area contributed by atoms with Gasteiger partial charge in [-0.3, -0.25) is 4.99 Å². The number of aryl methyl sites for hydroxylation is 2. The number of hydrogen-bond acceptors (Lipinski definition) is 3. The van der Waals surface area contributed by atoms with Crippen LogP contribution in [0.5, 0.6) is 0 Å². The summed E-state index contributed by atoms with van der Waals surface area (Å²) in [7, 11) is 0. The van der Waals surface area contributed by atoms with Crippen LogP contribution in [0.4, 0.5) is 5.69 Å². The minimum absolute atomic E-state index is 0.759. The molecule has 0 atom stereocenters. The zero-order valence-electron chi connectivity index (χ0n) is 18.6. The maximum absolute atomic E-state index is 6.45. The Labute approximate surface area is 179 Å². The van der Waals surface area contributed by atoms with E-state index >= 15 is 0 Å². The normalized spacial score (nSPS) is 12.1. The molecule has 0 aromatic heterocycles. The second-order valence-electron chi connectivity index (χ2n) is 7.80. The molecule has 1 heterocycles. The van der Waals surface area contributed by atoms with Crippen molar-refractivity contribution in [3.05, 3.63) is 71.1 Å². The van der Waals surface area contributed by atoms with Crippen LogP contribution in [0.3, 0.4) is 0 Å². The molecule has 3 nitrogen and oxygen atoms in total. The number of hydrogen-bond donors (Lipinski definition) is 0. The molecular weight excluding hydrogens is 368 g/mol. The Morgan fingerprint density at radius 1 is 0.833 bits per heavy atom. The molecule has 0 unspecified atom stereocenters. The predicted molar refractivity (Wildman–Crippen MR) is 127 cm³/mol. The third-order valence-corrected chi connectivity index (χ3v) is 5.81. The van der Waals surface area contributed by atoms with Gasteiger partial charge in [-0.15, -0.1) is 0 Å². The van der Waals surface area contributed by atoms with Crippen molar-refractivity contribution in [3.8, 4) is 22.5 Å². The fourth-order valence-corrected chi connectivity index (χ4v) is 4.32. The Morgan fingerprint density at radius 2 is 1.60 bits per heavy atom. The van der Waals surface area contributed by atoms with Crippen LogP contribution in [-0.2, 0) is 0 Å². The molecular formula is C27H30N2O. The maximum atomic E-state index is 6.45. The van der Waals surface area contributed by atoms with Gasteiger partial charge in [-0.25, -0.2) is 0 Å². The van der Waals surface area contributed by atoms with E-state index in [4.69, 9.17) is 4.42 Å². The van der Waals surface area contributed by atoms with E-state index in [1.54, 1.807) is 0 Å². The highest BCUT2D eigenvalue weighted by Crippen LogP contribution is 2.42. The van der Waals surface area contributed by atoms with Gasteiger partial charge < -0.3 is 9.32 Å². The highest BCUT2D eigenvalue weighted by Gasteiger charge is 2.19. The number of nitrogens with zero attached hydrogens (tertiary/aromatic N) is 2. The van der Waals surface area contributed by atoms with E-state index in [2.05, 4.69) is 99.1 Å². The highest BCUT2D eigenvalue weighted by atomic mass is 16.3. The van der Waals surface area contributed by atoms with Gasteiger partial charge in [0.2, 0.25) is 0 Å². The van der Waals surface area contributed by atoms with Crippen LogP contribution in [0.15, 0.2) is 64.0 Å². The lowest BCUT2D eigenvalue weighted by atomic mass is 9.90. The molecule has 4 rings (SSSR count). The number of rotatable bonds is 5. The van der Waals surface area contributed by atoms with E-state index < -0.39 is 0 Å². The van der Waals surface area contributed by atoms with E-state index in [-0.39, 0.29) is 0 Å². The van der Waals surface area contributed by atoms with Crippen LogP contribution in [0, 0.1) is 13.8 Å². The molecule has 0 radical (unpaired) electrons. The first-order valence-corrected chi connectivity index (χ1v) is 10.9. The first-order valence-electron chi connectivity index (χ1n) is 10.9. The molecule has 3 heteroatoms. The van der Waals surface area contributed by atoms with Crippen LogP contribution in [0.1, 0.15) is 31.9 Å². The first-order chi connectivity index (χ1) is 14.5. The average molecular weight is 399 g/mol. The van der Waals surface area contributed by atoms with Crippen molar-refractivity contribution in [1.82, 2.24) is 0 Å². The molecule has 0 bridgehead atoms. The van der Waals surface area contributed by atoms with Crippen LogP contribution < -0.4 is 10.3 Å². The average Bonchev–Trinajstić information content (AvgIpc) is 2.73. The SMILES string of the molecule is CCN=c1ccc2c(-c3ccc(C)cc3C)c3ccc(N(CC)CC)cc3oc-2c1. The molecule has 2 aliphatic rings. The third-order valence-electron chi connectivity index (χ3n) is 5.81. The summed E-state index contributed by atoms with van der Waals surface area (Å²) in [5, 5.41) is 2.10. The molecule has 0 N–H and O–H groups in total. The van der Waals surface area contributed by atoms with Crippen molar-refractivity contribution in [2.75, 3.05) is 24.5 Å². The standard InChI is InChI=1S/C27H30N2O/c1-6-28-20-10-13-23-25(16-20)30-26-17-21(29(7-2)8-3)11-14-24(26)27(23)22-12-9-18(4)15-19(22)5/h9-17H,6-8H2,1-5H3. The van der Waals surface area contributed by atoms with E-state index in [0.717, 1.165) is 47.3 Å². The summed E-state index contributed by atoms with van der Waals surface area (Å²) in [6.07, 6.45) is 0. The van der Waals surface area contributed by atoms with Crippen molar-refractivity contribution in [2.24, 2.45) is 4.99 Å². The molecule has 154 valence electrons. The lowest BCUT2D eigenvalue weighted by Gasteiger charge is -2.22. The highest BCUT2D eigenvalue weighted by molar-refractivity contribution is 6.03. The van der Waals surface area contributed by atoms with Crippen LogP contribution >= 0.6 is 0 Å². The molecule has 2 aromatic rings. The molecule has 1 aliphatic heterocycles. The largest absolute Gasteiger partial charge is 0.456 e. The fourth-order valence-electron chi connectivity index (χ4n) is 4.32. The summed E-state index contributed by atoms with van der Waals surface area (Å²) in [4.78, 5) is 6.92. The molecule has 0 fully saturated rings. The lowest BCUT2D eigenvalue weighted by molar-refractivity contribution is 0.618. The molecule has 0 saturated carbocycles. The second-order valence-corrected chi connectivity index (χ2v) is 7.80. The predicted octanol–water partition coefficient (Wildman–Crippen LogP) is 6.59. The van der Waals surface area contributed by atoms with Crippen molar-refractivity contribution >= 4 is 16.7 Å². The summed E-state index contributed by atoms with van der Waals surface area (Å²) in [6, 6.07) is 19.6. The van der Waals surface area contributed by atoms with Gasteiger partial charge in [0.15, 0.2) is 0 Å². The van der Waals surface area contributed by atoms with E-state index in [9.17, 15) is 0 Å². The quantitative estimate of drug-likeness (QED) is 0.355. The van der Waals surface area contributed by atoms with Gasteiger partial charge in [0.1, 0.15) is 11.3 Å². The molecule has 0 amide bonds. The van der Waals surface area contributed by atoms with E-state index in [0.29, 0.717) is 0 Å². The molecule has 1 aliphatic carbocycles. The number of fused-ring (bicyclic) bond motifs is 2. The Balaban J connectivity index is 2.09. The molecule has 30 heavy (non-hydrogen) atoms. The first kappa shape index (κ1) is 20.2. The molecule has 0 saturated heterocycles. The van der Waals surface area contributed by atoms with Crippen molar-refractivity contribution in [2.45, 2.75) is 34.6 Å². The van der Waals surface area contributed by atoms with Crippen LogP contribution in [0.2, 0.25) is 0 Å². The monoisotopic (exact) mass is 398 g/mol. The summed E-state index contributed by atoms with van der Waals surface area (Å²) >= 11 is 0. The van der Waals surface area contributed by atoms with E-state index in [1.165, 1.54) is 27.9 Å². The van der Waals surface area contributed by atoms with Crippen LogP contribution in [0.25, 0.3) is 33.4 Å². The number of benzene rings is 3. The smallest absolute Gasteiger partial charge is 0.137 e. The topological polar surface area (TPSA) is 28.7 Å². The Bertz CT molecular complexity index is 1230. The van der Waals surface area contributed by atoms with Crippen LogP contribution in [-0.4, -0.2) is 19.6 Å². The van der Waals surface area contributed by atoms with Gasteiger partial charge in [0, 0.05) is 54.0 Å². The minimum Gasteiger partial charge on any atom is -0.456 e. The van der Waals surface area contributed by atoms with E-state index in [1.807, 2.05) is 0 Å². The van der Waals surface area contributed by atoms with Crippen molar-refractivity contribution < 1.29 is 4.42 Å². The molecule has 0 spiro atoms. The minimum atomic E-state index is 0.759. The second kappa shape index (κ2) is 8.35. The zero-order valence-corrected chi connectivity index (χ0v) is 18.6. The van der Waals surface area contributed by atoms with Crippen molar-refractivity contribution in [1.29, 1.82) is 0 Å². The van der Waals surface area contributed by atoms with Gasteiger partial charge in [-0.2, -0.15) is 0 Å². The Hall–Kier alpha value is -3.07. The number of anilines is 1. The summed E-state index contributed by atoms with van der Waals surface area (Å²) < 4.78 is 6.45. The lowest BCUT2D eigenvalue weighted by Crippen LogP contribution is -2.21. The van der Waals surface area contributed by atoms with Crippen molar-refractivity contribution in [3.63, 3.8) is 0 Å².